The average Bonchev–Trinajstić information content (AvgIpc) is 2.67. The Morgan fingerprint density at radius 2 is 1.94 bits per heavy atom. The van der Waals surface area contributed by atoms with E-state index in [2.05, 4.69) is 4.98 Å². The zero-order chi connectivity index (χ0) is 12.1. The van der Waals surface area contributed by atoms with Crippen LogP contribution < -0.4 is 4.74 Å². The second-order valence-electron chi connectivity index (χ2n) is 4.67. The first-order valence-electron chi connectivity index (χ1n) is 6.34. The quantitative estimate of drug-likeness (QED) is 0.594. The van der Waals surface area contributed by atoms with Gasteiger partial charge >= 0.3 is 0 Å². The Kier molecular flexibility index (Phi) is 4.13. The van der Waals surface area contributed by atoms with Crippen LogP contribution in [0.25, 0.3) is 0 Å². The van der Waals surface area contributed by atoms with E-state index in [-0.39, 0.29) is 11.7 Å². The number of carbonyl (C=O) groups excluding carboxylic acids is 1. The number of ketones is 1. The molecule has 3 heteroatoms. The molecule has 92 valence electrons. The van der Waals surface area contributed by atoms with E-state index in [1.54, 1.807) is 25.6 Å². The first kappa shape index (κ1) is 12.1. The summed E-state index contributed by atoms with van der Waals surface area (Å²) in [5, 5.41) is 0. The van der Waals surface area contributed by atoms with E-state index in [1.165, 1.54) is 25.7 Å². The van der Waals surface area contributed by atoms with E-state index < -0.39 is 0 Å². The Morgan fingerprint density at radius 1 is 1.24 bits per heavy atom. The molecule has 0 aliphatic heterocycles. The Bertz CT molecular complexity index is 382. The van der Waals surface area contributed by atoms with Gasteiger partial charge in [0.25, 0.3) is 0 Å². The van der Waals surface area contributed by atoms with Crippen LogP contribution in [0.5, 0.6) is 5.75 Å². The second kappa shape index (κ2) is 5.80. The van der Waals surface area contributed by atoms with Gasteiger partial charge in [-0.15, -0.1) is 0 Å². The average molecular weight is 233 g/mol. The molecule has 0 unspecified atom stereocenters. The Labute approximate surface area is 102 Å². The van der Waals surface area contributed by atoms with Crippen LogP contribution in [0.4, 0.5) is 0 Å². The largest absolute Gasteiger partial charge is 0.495 e. The van der Waals surface area contributed by atoms with Crippen molar-refractivity contribution in [2.45, 2.75) is 38.5 Å². The van der Waals surface area contributed by atoms with Crippen molar-refractivity contribution in [3.8, 4) is 5.75 Å². The van der Waals surface area contributed by atoms with Gasteiger partial charge in [-0.2, -0.15) is 0 Å². The molecule has 0 amide bonds. The van der Waals surface area contributed by atoms with Crippen LogP contribution in [0.15, 0.2) is 18.5 Å². The molecular weight excluding hydrogens is 214 g/mol. The van der Waals surface area contributed by atoms with Gasteiger partial charge in [-0.3, -0.25) is 9.78 Å². The van der Waals surface area contributed by atoms with Crippen LogP contribution in [0.3, 0.4) is 0 Å². The number of hydrogen-bond acceptors (Lipinski definition) is 3. The van der Waals surface area contributed by atoms with Crippen molar-refractivity contribution in [1.29, 1.82) is 0 Å². The van der Waals surface area contributed by atoms with Crippen molar-refractivity contribution < 1.29 is 9.53 Å². The SMILES string of the molecule is COc1cncc(C(=O)C2CCCCCC2)c1. The lowest BCUT2D eigenvalue weighted by Gasteiger charge is -2.12. The number of aromatic nitrogens is 1. The zero-order valence-electron chi connectivity index (χ0n) is 10.3. The summed E-state index contributed by atoms with van der Waals surface area (Å²) < 4.78 is 5.10. The smallest absolute Gasteiger partial charge is 0.167 e. The highest BCUT2D eigenvalue weighted by Gasteiger charge is 2.21. The molecule has 1 heterocycles. The number of carbonyl (C=O) groups is 1. The van der Waals surface area contributed by atoms with Gasteiger partial charge in [-0.25, -0.2) is 0 Å². The molecule has 0 aromatic carbocycles. The molecule has 0 N–H and O–H groups in total. The summed E-state index contributed by atoms with van der Waals surface area (Å²) in [5.74, 6) is 1.08. The van der Waals surface area contributed by atoms with Gasteiger partial charge < -0.3 is 4.74 Å². The van der Waals surface area contributed by atoms with Crippen LogP contribution in [0.1, 0.15) is 48.9 Å². The van der Waals surface area contributed by atoms with E-state index in [9.17, 15) is 4.79 Å². The molecule has 3 nitrogen and oxygen atoms in total. The summed E-state index contributed by atoms with van der Waals surface area (Å²) >= 11 is 0. The van der Waals surface area contributed by atoms with Gasteiger partial charge in [0.2, 0.25) is 0 Å². The highest BCUT2D eigenvalue weighted by atomic mass is 16.5. The van der Waals surface area contributed by atoms with Crippen LogP contribution >= 0.6 is 0 Å². The summed E-state index contributed by atoms with van der Waals surface area (Å²) in [6.45, 7) is 0. The third-order valence-corrected chi connectivity index (χ3v) is 3.46. The lowest BCUT2D eigenvalue weighted by atomic mass is 9.92. The molecule has 1 aromatic heterocycles. The monoisotopic (exact) mass is 233 g/mol. The molecule has 17 heavy (non-hydrogen) atoms. The fraction of sp³-hybridized carbons (Fsp3) is 0.571. The molecule has 2 rings (SSSR count). The number of pyridine rings is 1. The number of rotatable bonds is 3. The number of nitrogens with zero attached hydrogens (tertiary/aromatic N) is 1. The van der Waals surface area contributed by atoms with Crippen LogP contribution in [0.2, 0.25) is 0 Å². The van der Waals surface area contributed by atoms with Crippen LogP contribution in [-0.4, -0.2) is 17.9 Å². The highest BCUT2D eigenvalue weighted by molar-refractivity contribution is 5.97. The van der Waals surface area contributed by atoms with Gasteiger partial charge in [0.15, 0.2) is 5.78 Å². The van der Waals surface area contributed by atoms with E-state index in [1.807, 2.05) is 0 Å². The molecule has 1 saturated carbocycles. The first-order valence-corrected chi connectivity index (χ1v) is 6.34. The normalized spacial score (nSPS) is 17.5. The van der Waals surface area contributed by atoms with E-state index >= 15 is 0 Å². The van der Waals surface area contributed by atoms with Crippen molar-refractivity contribution in [2.75, 3.05) is 7.11 Å². The topological polar surface area (TPSA) is 39.2 Å². The molecular formula is C14H19NO2. The predicted octanol–water partition coefficient (Wildman–Crippen LogP) is 3.24. The molecule has 1 aromatic rings. The maximum absolute atomic E-state index is 12.3. The molecule has 0 saturated heterocycles. The molecule has 1 fully saturated rings. The summed E-state index contributed by atoms with van der Waals surface area (Å²) in [4.78, 5) is 16.4. The fourth-order valence-corrected chi connectivity index (χ4v) is 2.44. The Morgan fingerprint density at radius 3 is 2.59 bits per heavy atom. The minimum atomic E-state index is 0.186. The summed E-state index contributed by atoms with van der Waals surface area (Å²) in [7, 11) is 1.59. The lowest BCUT2D eigenvalue weighted by molar-refractivity contribution is 0.0907. The van der Waals surface area contributed by atoms with Gasteiger partial charge in [-0.05, 0) is 18.9 Å². The number of methoxy groups -OCH3 is 1. The van der Waals surface area contributed by atoms with Crippen LogP contribution in [-0.2, 0) is 0 Å². The third kappa shape index (κ3) is 3.05. The van der Waals surface area contributed by atoms with Crippen LogP contribution in [0, 0.1) is 5.92 Å². The molecule has 0 bridgehead atoms. The van der Waals surface area contributed by atoms with E-state index in [4.69, 9.17) is 4.74 Å². The minimum absolute atomic E-state index is 0.186. The van der Waals surface area contributed by atoms with Gasteiger partial charge in [0, 0.05) is 17.7 Å². The van der Waals surface area contributed by atoms with Crippen molar-refractivity contribution in [1.82, 2.24) is 4.98 Å². The summed E-state index contributed by atoms with van der Waals surface area (Å²) in [5.41, 5.74) is 0.691. The molecule has 0 spiro atoms. The van der Waals surface area contributed by atoms with Gasteiger partial charge in [0.1, 0.15) is 5.75 Å². The summed E-state index contributed by atoms with van der Waals surface area (Å²) in [6, 6.07) is 1.79. The molecule has 0 radical (unpaired) electrons. The molecule has 1 aliphatic rings. The van der Waals surface area contributed by atoms with Gasteiger partial charge in [0.05, 0.1) is 13.3 Å². The number of hydrogen-bond donors (Lipinski definition) is 0. The zero-order valence-corrected chi connectivity index (χ0v) is 10.3. The minimum Gasteiger partial charge on any atom is -0.495 e. The highest BCUT2D eigenvalue weighted by Crippen LogP contribution is 2.26. The molecule has 0 atom stereocenters. The Balaban J connectivity index is 2.11. The Hall–Kier alpha value is -1.38. The lowest BCUT2D eigenvalue weighted by Crippen LogP contribution is -2.14. The fourth-order valence-electron chi connectivity index (χ4n) is 2.44. The van der Waals surface area contributed by atoms with Crippen molar-refractivity contribution in [3.63, 3.8) is 0 Å². The number of ether oxygens (including phenoxy) is 1. The first-order chi connectivity index (χ1) is 8.31. The number of Topliss-reactive ketones (excluding diaryl/α,β-unsaturated/α-hetero) is 1. The molecule has 1 aliphatic carbocycles. The predicted molar refractivity (Wildman–Crippen MR) is 66.3 cm³/mol. The van der Waals surface area contributed by atoms with Crippen molar-refractivity contribution in [3.05, 3.63) is 24.0 Å². The third-order valence-electron chi connectivity index (χ3n) is 3.46. The van der Waals surface area contributed by atoms with Crippen molar-refractivity contribution in [2.24, 2.45) is 5.92 Å². The second-order valence-corrected chi connectivity index (χ2v) is 4.67. The van der Waals surface area contributed by atoms with E-state index in [0.29, 0.717) is 11.3 Å². The summed E-state index contributed by atoms with van der Waals surface area (Å²) in [6.07, 6.45) is 10.2. The van der Waals surface area contributed by atoms with Gasteiger partial charge in [-0.1, -0.05) is 25.7 Å². The standard InChI is InChI=1S/C14H19NO2/c1-17-13-8-12(9-15-10-13)14(16)11-6-4-2-3-5-7-11/h8-11H,2-7H2,1H3. The maximum atomic E-state index is 12.3. The van der Waals surface area contributed by atoms with Crippen molar-refractivity contribution >= 4 is 5.78 Å². The van der Waals surface area contributed by atoms with E-state index in [0.717, 1.165) is 12.8 Å². The maximum Gasteiger partial charge on any atom is 0.167 e.